The van der Waals surface area contributed by atoms with Gasteiger partial charge in [0, 0.05) is 44.7 Å². The Balaban J connectivity index is 1.06. The zero-order chi connectivity index (χ0) is 39.8. The minimum atomic E-state index is -5.02. The van der Waals surface area contributed by atoms with Gasteiger partial charge in [-0.15, -0.1) is 0 Å². The van der Waals surface area contributed by atoms with Crippen LogP contribution in [0.25, 0.3) is 11.1 Å². The lowest BCUT2D eigenvalue weighted by Crippen LogP contribution is -2.50. The molecular formula is C46H46F3N3O5. The van der Waals surface area contributed by atoms with Crippen LogP contribution in [0.15, 0.2) is 133 Å². The number of carbonyl (C=O) groups is 2. The Hall–Kier alpha value is -5.33. The number of halogens is 3. The average Bonchev–Trinajstić information content (AvgIpc) is 3.73. The van der Waals surface area contributed by atoms with Gasteiger partial charge in [-0.2, -0.15) is 13.2 Å². The zero-order valence-corrected chi connectivity index (χ0v) is 31.5. The van der Waals surface area contributed by atoms with Crippen LogP contribution in [0.1, 0.15) is 65.0 Å². The Morgan fingerprint density at radius 2 is 1.37 bits per heavy atom. The minimum absolute atomic E-state index is 0.0370. The number of likely N-dealkylation sites (tertiary alicyclic amines) is 1. The Bertz CT molecular complexity index is 2040. The topological polar surface area (TPSA) is 91.3 Å². The number of hydrogen-bond acceptors (Lipinski definition) is 6. The van der Waals surface area contributed by atoms with Crippen molar-refractivity contribution in [3.63, 3.8) is 0 Å². The van der Waals surface area contributed by atoms with Crippen molar-refractivity contribution < 1.29 is 37.3 Å². The third-order valence-corrected chi connectivity index (χ3v) is 10.5. The van der Waals surface area contributed by atoms with E-state index in [1.807, 2.05) is 84.9 Å². The van der Waals surface area contributed by atoms with Crippen molar-refractivity contribution in [1.29, 1.82) is 0 Å². The Kier molecular flexibility index (Phi) is 12.8. The molecule has 7 rings (SSSR count). The maximum absolute atomic E-state index is 13.1. The van der Waals surface area contributed by atoms with Crippen LogP contribution >= 0.6 is 0 Å². The van der Waals surface area contributed by atoms with Crippen LogP contribution in [0.3, 0.4) is 0 Å². The van der Waals surface area contributed by atoms with E-state index in [0.29, 0.717) is 24.3 Å². The molecule has 0 radical (unpaired) electrons. The van der Waals surface area contributed by atoms with Gasteiger partial charge in [-0.1, -0.05) is 127 Å². The molecule has 4 atom stereocenters. The summed E-state index contributed by atoms with van der Waals surface area (Å²) in [5.74, 6) is -2.58. The number of ether oxygens (including phenoxy) is 2. The van der Waals surface area contributed by atoms with Gasteiger partial charge >= 0.3 is 12.1 Å². The normalized spacial score (nSPS) is 19.8. The fourth-order valence-corrected chi connectivity index (χ4v) is 7.63. The number of rotatable bonds is 13. The molecule has 5 aromatic rings. The van der Waals surface area contributed by atoms with E-state index in [4.69, 9.17) is 9.47 Å². The van der Waals surface area contributed by atoms with Crippen LogP contribution in [0.5, 0.6) is 0 Å². The quantitative estimate of drug-likeness (QED) is 0.125. The molecule has 0 saturated carbocycles. The van der Waals surface area contributed by atoms with Gasteiger partial charge in [-0.25, -0.2) is 0 Å². The summed E-state index contributed by atoms with van der Waals surface area (Å²) >= 11 is 0. The van der Waals surface area contributed by atoms with Crippen molar-refractivity contribution in [1.82, 2.24) is 15.1 Å². The van der Waals surface area contributed by atoms with E-state index in [1.165, 1.54) is 11.1 Å². The molecule has 2 amide bonds. The van der Waals surface area contributed by atoms with E-state index in [2.05, 4.69) is 58.7 Å². The van der Waals surface area contributed by atoms with Crippen molar-refractivity contribution >= 4 is 11.8 Å². The number of nitrogens with zero attached hydrogens (tertiary/aromatic N) is 2. The third-order valence-electron chi connectivity index (χ3n) is 10.5. The first-order chi connectivity index (χ1) is 27.6. The first-order valence-corrected chi connectivity index (χ1v) is 19.3. The van der Waals surface area contributed by atoms with Gasteiger partial charge in [0.15, 0.2) is 6.29 Å². The molecule has 4 unspecified atom stereocenters. The van der Waals surface area contributed by atoms with Crippen LogP contribution in [0.2, 0.25) is 0 Å². The highest BCUT2D eigenvalue weighted by molar-refractivity contribution is 5.90. The largest absolute Gasteiger partial charge is 0.471 e. The minimum Gasteiger partial charge on any atom is -0.392 e. The summed E-state index contributed by atoms with van der Waals surface area (Å²) in [5, 5.41) is 12.4. The molecule has 5 aromatic carbocycles. The third kappa shape index (κ3) is 10.4. The number of hydrogen-bond donors (Lipinski definition) is 2. The molecule has 11 heteroatoms. The second-order valence-electron chi connectivity index (χ2n) is 14.7. The first-order valence-electron chi connectivity index (χ1n) is 19.3. The number of carbonyl (C=O) groups excluding carboxylic acids is 2. The zero-order valence-electron chi connectivity index (χ0n) is 31.5. The highest BCUT2D eigenvalue weighted by Gasteiger charge is 2.47. The molecule has 57 heavy (non-hydrogen) atoms. The lowest BCUT2D eigenvalue weighted by atomic mass is 9.98. The molecule has 2 aliphatic rings. The fraction of sp³-hybridized carbons (Fsp3) is 0.304. The van der Waals surface area contributed by atoms with E-state index in [-0.39, 0.29) is 38.3 Å². The molecule has 2 N–H and O–H groups in total. The molecule has 0 aliphatic carbocycles. The van der Waals surface area contributed by atoms with Crippen molar-refractivity contribution in [2.45, 2.75) is 76.2 Å². The molecule has 0 spiro atoms. The van der Waals surface area contributed by atoms with Gasteiger partial charge in [0.25, 0.3) is 0 Å². The summed E-state index contributed by atoms with van der Waals surface area (Å²) in [4.78, 5) is 27.8. The number of nitrogens with one attached hydrogen (secondary N) is 1. The molecule has 0 bridgehead atoms. The van der Waals surface area contributed by atoms with Gasteiger partial charge in [0.2, 0.25) is 5.91 Å². The first kappa shape index (κ1) is 39.9. The molecule has 0 aromatic heterocycles. The lowest BCUT2D eigenvalue weighted by molar-refractivity contribution is -0.253. The molecule has 2 heterocycles. The fourth-order valence-electron chi connectivity index (χ4n) is 7.63. The van der Waals surface area contributed by atoms with Crippen LogP contribution in [0.4, 0.5) is 13.2 Å². The van der Waals surface area contributed by atoms with E-state index in [9.17, 15) is 27.9 Å². The standard InChI is InChI=1S/C46H46F3N3O5/c47-46(48,49)45(55)52-24-8-15-41(52)43(54)50-27-35-13-7-14-39(25-35)36-20-22-38(23-21-36)44-56-40(26-42(57-44)37-18-16-34(31-53)17-19-37)30-51(28-32-9-3-1-4-10-32)29-33-11-5-2-6-12-33/h1-7,9-14,16-23,25,40-42,44,53H,8,15,24,26-31H2,(H,50,54). The summed E-state index contributed by atoms with van der Waals surface area (Å²) in [5.41, 5.74) is 7.71. The predicted molar refractivity (Wildman–Crippen MR) is 210 cm³/mol. The van der Waals surface area contributed by atoms with Gasteiger partial charge in [-0.05, 0) is 57.9 Å². The Morgan fingerprint density at radius 3 is 2.00 bits per heavy atom. The van der Waals surface area contributed by atoms with Gasteiger partial charge < -0.3 is 24.8 Å². The highest BCUT2D eigenvalue weighted by Crippen LogP contribution is 2.39. The molecule has 2 fully saturated rings. The number of aliphatic hydroxyl groups excluding tert-OH is 1. The summed E-state index contributed by atoms with van der Waals surface area (Å²) in [6, 6.07) is 43.0. The molecule has 2 aliphatic heterocycles. The van der Waals surface area contributed by atoms with Crippen molar-refractivity contribution in [3.8, 4) is 11.1 Å². The number of benzene rings is 5. The van der Waals surface area contributed by atoms with E-state index in [0.717, 1.165) is 46.5 Å². The van der Waals surface area contributed by atoms with Crippen LogP contribution in [-0.2, 0) is 45.3 Å². The van der Waals surface area contributed by atoms with E-state index in [1.54, 1.807) is 0 Å². The molecular weight excluding hydrogens is 732 g/mol. The van der Waals surface area contributed by atoms with Crippen molar-refractivity contribution in [2.24, 2.45) is 0 Å². The smallest absolute Gasteiger partial charge is 0.392 e. The van der Waals surface area contributed by atoms with E-state index >= 15 is 0 Å². The predicted octanol–water partition coefficient (Wildman–Crippen LogP) is 8.26. The summed E-state index contributed by atoms with van der Waals surface area (Å²) in [6.07, 6.45) is -4.90. The Morgan fingerprint density at radius 1 is 0.737 bits per heavy atom. The van der Waals surface area contributed by atoms with Gasteiger partial charge in [0.05, 0.1) is 18.8 Å². The molecule has 2 saturated heterocycles. The average molecular weight is 778 g/mol. The maximum Gasteiger partial charge on any atom is 0.471 e. The summed E-state index contributed by atoms with van der Waals surface area (Å²) in [6.45, 7) is 2.15. The summed E-state index contributed by atoms with van der Waals surface area (Å²) in [7, 11) is 0. The Labute approximate surface area is 330 Å². The second kappa shape index (κ2) is 18.3. The van der Waals surface area contributed by atoms with Crippen molar-refractivity contribution in [3.05, 3.63) is 167 Å². The summed E-state index contributed by atoms with van der Waals surface area (Å²) < 4.78 is 52.7. The van der Waals surface area contributed by atoms with Crippen molar-refractivity contribution in [2.75, 3.05) is 13.1 Å². The van der Waals surface area contributed by atoms with Crippen LogP contribution in [-0.4, -0.2) is 58.1 Å². The number of alkyl halides is 3. The number of aliphatic hydroxyl groups is 1. The number of amides is 2. The SMILES string of the molecule is O=C(NCc1cccc(-c2ccc(C3OC(CN(Cc4ccccc4)Cc4ccccc4)CC(c4ccc(CO)cc4)O3)cc2)c1)C1CCCN1C(=O)C(F)(F)F. The van der Waals surface area contributed by atoms with Crippen LogP contribution < -0.4 is 5.32 Å². The lowest BCUT2D eigenvalue weighted by Gasteiger charge is -2.38. The van der Waals surface area contributed by atoms with E-state index < -0.39 is 30.3 Å². The van der Waals surface area contributed by atoms with Crippen LogP contribution in [0, 0.1) is 0 Å². The monoisotopic (exact) mass is 777 g/mol. The van der Waals surface area contributed by atoms with Gasteiger partial charge in [-0.3, -0.25) is 14.5 Å². The molecule has 296 valence electrons. The maximum atomic E-state index is 13.1. The molecule has 8 nitrogen and oxygen atoms in total. The second-order valence-corrected chi connectivity index (χ2v) is 14.7. The highest BCUT2D eigenvalue weighted by atomic mass is 19.4. The van der Waals surface area contributed by atoms with Gasteiger partial charge in [0.1, 0.15) is 6.04 Å².